The smallest absolute Gasteiger partial charge is 0.0237 e. The number of hydrogen-bond acceptors (Lipinski definition) is 3. The number of rotatable bonds is 5. The summed E-state index contributed by atoms with van der Waals surface area (Å²) >= 11 is 1.81. The van der Waals surface area contributed by atoms with E-state index in [4.69, 9.17) is 0 Å². The molecule has 1 aliphatic heterocycles. The van der Waals surface area contributed by atoms with Gasteiger partial charge in [-0.3, -0.25) is 4.90 Å². The van der Waals surface area contributed by atoms with Gasteiger partial charge in [0.25, 0.3) is 0 Å². The first-order chi connectivity index (χ1) is 8.33. The first-order valence-corrected chi connectivity index (χ1v) is 7.57. The van der Waals surface area contributed by atoms with E-state index >= 15 is 0 Å². The molecule has 1 aliphatic rings. The Morgan fingerprint density at radius 3 is 2.76 bits per heavy atom. The number of likely N-dealkylation sites (N-methyl/N-ethyl adjacent to an activating group) is 1. The van der Waals surface area contributed by atoms with Gasteiger partial charge in [0.2, 0.25) is 0 Å². The van der Waals surface area contributed by atoms with Crippen molar-refractivity contribution in [2.24, 2.45) is 0 Å². The maximum absolute atomic E-state index is 3.30. The highest BCUT2D eigenvalue weighted by molar-refractivity contribution is 7.98. The normalized spacial score (nSPS) is 20.9. The van der Waals surface area contributed by atoms with Crippen LogP contribution in [0.2, 0.25) is 0 Å². The SMILES string of the molecule is CNCC1CCCN1Cc1ccc(SC)cc1. The minimum Gasteiger partial charge on any atom is -0.318 e. The summed E-state index contributed by atoms with van der Waals surface area (Å²) in [5.41, 5.74) is 1.44. The molecule has 0 radical (unpaired) electrons. The van der Waals surface area contributed by atoms with Gasteiger partial charge in [0.05, 0.1) is 0 Å². The van der Waals surface area contributed by atoms with Crippen molar-refractivity contribution in [3.8, 4) is 0 Å². The molecule has 0 saturated carbocycles. The molecule has 0 aromatic heterocycles. The number of likely N-dealkylation sites (tertiary alicyclic amines) is 1. The quantitative estimate of drug-likeness (QED) is 0.809. The van der Waals surface area contributed by atoms with E-state index in [1.54, 1.807) is 11.8 Å². The summed E-state index contributed by atoms with van der Waals surface area (Å²) in [5.74, 6) is 0. The minimum absolute atomic E-state index is 0.722. The Balaban J connectivity index is 1.94. The second kappa shape index (κ2) is 6.43. The van der Waals surface area contributed by atoms with Gasteiger partial charge < -0.3 is 5.32 Å². The van der Waals surface area contributed by atoms with Crippen molar-refractivity contribution < 1.29 is 0 Å². The number of nitrogens with zero attached hydrogens (tertiary/aromatic N) is 1. The Morgan fingerprint density at radius 2 is 2.12 bits per heavy atom. The monoisotopic (exact) mass is 250 g/mol. The van der Waals surface area contributed by atoms with Crippen LogP contribution in [0.15, 0.2) is 29.2 Å². The molecule has 1 fully saturated rings. The summed E-state index contributed by atoms with van der Waals surface area (Å²) in [5, 5.41) is 3.30. The van der Waals surface area contributed by atoms with E-state index in [-0.39, 0.29) is 0 Å². The fraction of sp³-hybridized carbons (Fsp3) is 0.571. The van der Waals surface area contributed by atoms with Gasteiger partial charge in [-0.2, -0.15) is 0 Å². The lowest BCUT2D eigenvalue weighted by molar-refractivity contribution is 0.242. The summed E-state index contributed by atoms with van der Waals surface area (Å²) in [4.78, 5) is 3.95. The van der Waals surface area contributed by atoms with E-state index < -0.39 is 0 Å². The summed E-state index contributed by atoms with van der Waals surface area (Å²) < 4.78 is 0. The molecule has 1 N–H and O–H groups in total. The predicted octanol–water partition coefficient (Wildman–Crippen LogP) is 2.59. The standard InChI is InChI=1S/C14H22N2S/c1-15-10-13-4-3-9-16(13)11-12-5-7-14(17-2)8-6-12/h5-8,13,15H,3-4,9-11H2,1-2H3. The molecule has 0 bridgehead atoms. The van der Waals surface area contributed by atoms with Crippen molar-refractivity contribution in [1.82, 2.24) is 10.2 Å². The van der Waals surface area contributed by atoms with Crippen molar-refractivity contribution in [3.63, 3.8) is 0 Å². The van der Waals surface area contributed by atoms with E-state index in [0.29, 0.717) is 0 Å². The summed E-state index contributed by atoms with van der Waals surface area (Å²) in [6.07, 6.45) is 4.80. The van der Waals surface area contributed by atoms with Crippen molar-refractivity contribution in [2.45, 2.75) is 30.3 Å². The second-order valence-corrected chi connectivity index (χ2v) is 5.55. The van der Waals surface area contributed by atoms with Gasteiger partial charge in [0.15, 0.2) is 0 Å². The van der Waals surface area contributed by atoms with Gasteiger partial charge in [0, 0.05) is 24.0 Å². The van der Waals surface area contributed by atoms with E-state index in [9.17, 15) is 0 Å². The van der Waals surface area contributed by atoms with Crippen molar-refractivity contribution in [2.75, 3.05) is 26.4 Å². The Kier molecular flexibility index (Phi) is 4.89. The van der Waals surface area contributed by atoms with Crippen LogP contribution in [0.5, 0.6) is 0 Å². The topological polar surface area (TPSA) is 15.3 Å². The van der Waals surface area contributed by atoms with Crippen LogP contribution in [0.3, 0.4) is 0 Å². The van der Waals surface area contributed by atoms with E-state index in [1.807, 2.05) is 7.05 Å². The van der Waals surface area contributed by atoms with Crippen LogP contribution in [0.1, 0.15) is 18.4 Å². The molecular formula is C14H22N2S. The van der Waals surface area contributed by atoms with Crippen LogP contribution in [0.25, 0.3) is 0 Å². The fourth-order valence-corrected chi connectivity index (χ4v) is 2.94. The molecule has 2 rings (SSSR count). The molecule has 1 aromatic rings. The van der Waals surface area contributed by atoms with Crippen LogP contribution in [-0.4, -0.2) is 37.3 Å². The second-order valence-electron chi connectivity index (χ2n) is 4.67. The van der Waals surface area contributed by atoms with Gasteiger partial charge in [-0.1, -0.05) is 12.1 Å². The van der Waals surface area contributed by atoms with Crippen LogP contribution in [0, 0.1) is 0 Å². The third-order valence-electron chi connectivity index (χ3n) is 3.48. The molecule has 1 atom stereocenters. The average Bonchev–Trinajstić information content (AvgIpc) is 2.78. The number of benzene rings is 1. The van der Waals surface area contributed by atoms with E-state index in [2.05, 4.69) is 40.7 Å². The van der Waals surface area contributed by atoms with Crippen LogP contribution >= 0.6 is 11.8 Å². The first-order valence-electron chi connectivity index (χ1n) is 6.35. The molecular weight excluding hydrogens is 228 g/mol. The third-order valence-corrected chi connectivity index (χ3v) is 4.23. The van der Waals surface area contributed by atoms with Crippen molar-refractivity contribution in [1.29, 1.82) is 0 Å². The van der Waals surface area contributed by atoms with Gasteiger partial charge in [-0.15, -0.1) is 11.8 Å². The number of thioether (sulfide) groups is 1. The lowest BCUT2D eigenvalue weighted by Crippen LogP contribution is -2.36. The maximum atomic E-state index is 3.30. The van der Waals surface area contributed by atoms with Crippen molar-refractivity contribution >= 4 is 11.8 Å². The lowest BCUT2D eigenvalue weighted by Gasteiger charge is -2.24. The molecule has 1 unspecified atom stereocenters. The highest BCUT2D eigenvalue weighted by Gasteiger charge is 2.23. The van der Waals surface area contributed by atoms with Gasteiger partial charge in [-0.25, -0.2) is 0 Å². The maximum Gasteiger partial charge on any atom is 0.0237 e. The number of nitrogens with one attached hydrogen (secondary N) is 1. The Labute approximate surface area is 109 Å². The zero-order valence-corrected chi connectivity index (χ0v) is 11.6. The zero-order valence-electron chi connectivity index (χ0n) is 10.8. The highest BCUT2D eigenvalue weighted by atomic mass is 32.2. The third kappa shape index (κ3) is 3.47. The molecule has 0 aliphatic carbocycles. The van der Waals surface area contributed by atoms with Crippen molar-refractivity contribution in [3.05, 3.63) is 29.8 Å². The largest absolute Gasteiger partial charge is 0.318 e. The summed E-state index contributed by atoms with van der Waals surface area (Å²) in [7, 11) is 2.05. The van der Waals surface area contributed by atoms with E-state index in [0.717, 1.165) is 19.1 Å². The molecule has 3 heteroatoms. The fourth-order valence-electron chi connectivity index (χ4n) is 2.54. The average molecular weight is 250 g/mol. The van der Waals surface area contributed by atoms with E-state index in [1.165, 1.54) is 29.8 Å². The minimum atomic E-state index is 0.722. The molecule has 17 heavy (non-hydrogen) atoms. The predicted molar refractivity (Wildman–Crippen MR) is 75.6 cm³/mol. The number of hydrogen-bond donors (Lipinski definition) is 1. The molecule has 1 aromatic carbocycles. The Morgan fingerprint density at radius 1 is 1.35 bits per heavy atom. The Bertz CT molecular complexity index is 337. The zero-order chi connectivity index (χ0) is 12.1. The first kappa shape index (κ1) is 12.9. The molecule has 94 valence electrons. The molecule has 1 saturated heterocycles. The van der Waals surface area contributed by atoms with Gasteiger partial charge in [-0.05, 0) is 50.4 Å². The van der Waals surface area contributed by atoms with Crippen LogP contribution in [0.4, 0.5) is 0 Å². The molecule has 0 amide bonds. The molecule has 0 spiro atoms. The summed E-state index contributed by atoms with van der Waals surface area (Å²) in [6, 6.07) is 9.70. The highest BCUT2D eigenvalue weighted by Crippen LogP contribution is 2.21. The van der Waals surface area contributed by atoms with Crippen LogP contribution < -0.4 is 5.32 Å². The molecule has 1 heterocycles. The summed E-state index contributed by atoms with van der Waals surface area (Å²) in [6.45, 7) is 3.46. The van der Waals surface area contributed by atoms with Gasteiger partial charge >= 0.3 is 0 Å². The van der Waals surface area contributed by atoms with Crippen LogP contribution in [-0.2, 0) is 6.54 Å². The van der Waals surface area contributed by atoms with Gasteiger partial charge in [0.1, 0.15) is 0 Å². The Hall–Kier alpha value is -0.510. The molecule has 2 nitrogen and oxygen atoms in total. The lowest BCUT2D eigenvalue weighted by atomic mass is 10.2.